The molecular weight excluding hydrogens is 288 g/mol. The average molecular weight is 303 g/mol. The zero-order valence-electron chi connectivity index (χ0n) is 9.52. The average Bonchev–Trinajstić information content (AvgIpc) is 2.30. The number of halogens is 1. The van der Waals surface area contributed by atoms with Gasteiger partial charge in [0.15, 0.2) is 0 Å². The van der Waals surface area contributed by atoms with Gasteiger partial charge in [0.25, 0.3) is 5.69 Å². The van der Waals surface area contributed by atoms with Gasteiger partial charge in [-0.15, -0.1) is 0 Å². The number of nitrogens with zero attached hydrogens (tertiary/aromatic N) is 1. The lowest BCUT2D eigenvalue weighted by atomic mass is 10.1. The summed E-state index contributed by atoms with van der Waals surface area (Å²) in [6.45, 7) is 3.07. The number of hydrogen-bond donors (Lipinski definition) is 2. The van der Waals surface area contributed by atoms with Crippen LogP contribution in [0, 0.1) is 16.0 Å². The minimum atomic E-state index is -0.392. The van der Waals surface area contributed by atoms with Gasteiger partial charge in [0.2, 0.25) is 0 Å². The summed E-state index contributed by atoms with van der Waals surface area (Å²) in [5.41, 5.74) is 0.742. The summed E-state index contributed by atoms with van der Waals surface area (Å²) in [7, 11) is 0. The third-order valence-electron chi connectivity index (χ3n) is 2.36. The fourth-order valence-electron chi connectivity index (χ4n) is 1.37. The van der Waals surface area contributed by atoms with Crippen LogP contribution in [0.5, 0.6) is 0 Å². The highest BCUT2D eigenvalue weighted by Crippen LogP contribution is 2.23. The minimum absolute atomic E-state index is 0.100. The zero-order valence-corrected chi connectivity index (χ0v) is 11.1. The fourth-order valence-corrected chi connectivity index (χ4v) is 1.72. The molecule has 6 heteroatoms. The summed E-state index contributed by atoms with van der Waals surface area (Å²) in [6, 6.07) is 4.99. The van der Waals surface area contributed by atoms with Gasteiger partial charge in [0, 0.05) is 35.8 Å². The van der Waals surface area contributed by atoms with Gasteiger partial charge in [-0.25, -0.2) is 0 Å². The number of nitrogens with one attached hydrogen (secondary N) is 1. The number of rotatable bonds is 6. The van der Waals surface area contributed by atoms with Crippen molar-refractivity contribution < 1.29 is 10.0 Å². The quantitative estimate of drug-likeness (QED) is 0.623. The van der Waals surface area contributed by atoms with Crippen LogP contribution in [-0.4, -0.2) is 23.2 Å². The molecule has 0 radical (unpaired) electrons. The Hall–Kier alpha value is -0.980. The normalized spacial score (nSPS) is 12.4. The van der Waals surface area contributed by atoms with Crippen molar-refractivity contribution in [3.63, 3.8) is 0 Å². The van der Waals surface area contributed by atoms with Crippen LogP contribution in [-0.2, 0) is 6.54 Å². The molecule has 1 atom stereocenters. The van der Waals surface area contributed by atoms with Crippen LogP contribution in [0.25, 0.3) is 0 Å². The Labute approximate surface area is 108 Å². The smallest absolute Gasteiger partial charge is 0.275 e. The van der Waals surface area contributed by atoms with Gasteiger partial charge in [-0.3, -0.25) is 10.1 Å². The van der Waals surface area contributed by atoms with Crippen LogP contribution in [0.1, 0.15) is 12.5 Å². The monoisotopic (exact) mass is 302 g/mol. The molecule has 17 heavy (non-hydrogen) atoms. The third kappa shape index (κ3) is 4.41. The van der Waals surface area contributed by atoms with Crippen LogP contribution in [0.3, 0.4) is 0 Å². The van der Waals surface area contributed by atoms with Gasteiger partial charge >= 0.3 is 0 Å². The Morgan fingerprint density at radius 3 is 2.88 bits per heavy atom. The first-order valence-corrected chi connectivity index (χ1v) is 6.08. The summed E-state index contributed by atoms with van der Waals surface area (Å²) in [4.78, 5) is 10.5. The van der Waals surface area contributed by atoms with E-state index in [9.17, 15) is 10.1 Å². The molecule has 0 spiro atoms. The Balaban J connectivity index is 2.67. The van der Waals surface area contributed by atoms with Crippen LogP contribution in [0.2, 0.25) is 0 Å². The summed E-state index contributed by atoms with van der Waals surface area (Å²) in [5, 5.41) is 22.8. The molecule has 0 aliphatic carbocycles. The summed E-state index contributed by atoms with van der Waals surface area (Å²) in [6.07, 6.45) is 0. The lowest BCUT2D eigenvalue weighted by molar-refractivity contribution is -0.385. The highest BCUT2D eigenvalue weighted by molar-refractivity contribution is 9.10. The fraction of sp³-hybridized carbons (Fsp3) is 0.455. The standard InChI is InChI=1S/C11H15BrN2O3/c1-8(7-15)5-13-6-9-2-3-10(12)4-11(9)14(16)17/h2-4,8,13,15H,5-7H2,1H3. The van der Waals surface area contributed by atoms with E-state index in [0.717, 1.165) is 0 Å². The molecule has 0 heterocycles. The number of aliphatic hydroxyl groups is 1. The van der Waals surface area contributed by atoms with Crippen molar-refractivity contribution in [2.24, 2.45) is 5.92 Å². The maximum absolute atomic E-state index is 10.8. The second-order valence-corrected chi connectivity index (χ2v) is 4.86. The van der Waals surface area contributed by atoms with E-state index in [-0.39, 0.29) is 18.2 Å². The van der Waals surface area contributed by atoms with Crippen molar-refractivity contribution in [3.8, 4) is 0 Å². The Morgan fingerprint density at radius 1 is 1.59 bits per heavy atom. The van der Waals surface area contributed by atoms with E-state index in [1.54, 1.807) is 12.1 Å². The second-order valence-electron chi connectivity index (χ2n) is 3.95. The van der Waals surface area contributed by atoms with Crippen molar-refractivity contribution in [1.29, 1.82) is 0 Å². The minimum Gasteiger partial charge on any atom is -0.396 e. The maximum atomic E-state index is 10.8. The molecule has 0 fully saturated rings. The van der Waals surface area contributed by atoms with Gasteiger partial charge < -0.3 is 10.4 Å². The van der Waals surface area contributed by atoms with Crippen molar-refractivity contribution in [2.75, 3.05) is 13.2 Å². The number of nitro groups is 1. The summed E-state index contributed by atoms with van der Waals surface area (Å²) in [5.74, 6) is 0.143. The van der Waals surface area contributed by atoms with Crippen LogP contribution < -0.4 is 5.32 Å². The molecule has 1 unspecified atom stereocenters. The van der Waals surface area contributed by atoms with Crippen molar-refractivity contribution in [3.05, 3.63) is 38.3 Å². The van der Waals surface area contributed by atoms with E-state index >= 15 is 0 Å². The van der Waals surface area contributed by atoms with E-state index in [1.807, 2.05) is 6.92 Å². The molecule has 2 N–H and O–H groups in total. The highest BCUT2D eigenvalue weighted by atomic mass is 79.9. The van der Waals surface area contributed by atoms with Gasteiger partial charge in [0.05, 0.1) is 4.92 Å². The summed E-state index contributed by atoms with van der Waals surface area (Å²) < 4.78 is 0.691. The third-order valence-corrected chi connectivity index (χ3v) is 2.86. The number of benzene rings is 1. The van der Waals surface area contributed by atoms with E-state index < -0.39 is 4.92 Å². The Morgan fingerprint density at radius 2 is 2.29 bits per heavy atom. The van der Waals surface area contributed by atoms with Gasteiger partial charge in [-0.1, -0.05) is 22.9 Å². The first kappa shape index (κ1) is 14.1. The Kier molecular flexibility index (Phi) is 5.54. The van der Waals surface area contributed by atoms with Gasteiger partial charge in [-0.2, -0.15) is 0 Å². The largest absolute Gasteiger partial charge is 0.396 e. The maximum Gasteiger partial charge on any atom is 0.275 e. The van der Waals surface area contributed by atoms with E-state index in [4.69, 9.17) is 5.11 Å². The van der Waals surface area contributed by atoms with Crippen LogP contribution in [0.4, 0.5) is 5.69 Å². The predicted octanol–water partition coefficient (Wildman–Crippen LogP) is 2.08. The number of nitro benzene ring substituents is 1. The van der Waals surface area contributed by atoms with E-state index in [0.29, 0.717) is 23.1 Å². The van der Waals surface area contributed by atoms with Gasteiger partial charge in [-0.05, 0) is 18.1 Å². The van der Waals surface area contributed by atoms with Crippen molar-refractivity contribution in [2.45, 2.75) is 13.5 Å². The number of aliphatic hydroxyl groups excluding tert-OH is 1. The molecule has 0 aromatic heterocycles. The highest BCUT2D eigenvalue weighted by Gasteiger charge is 2.13. The number of hydrogen-bond acceptors (Lipinski definition) is 4. The predicted molar refractivity (Wildman–Crippen MR) is 68.8 cm³/mol. The molecule has 94 valence electrons. The molecule has 0 saturated heterocycles. The molecule has 0 bridgehead atoms. The van der Waals surface area contributed by atoms with Crippen LogP contribution >= 0.6 is 15.9 Å². The molecule has 0 aliphatic heterocycles. The lowest BCUT2D eigenvalue weighted by Crippen LogP contribution is -2.23. The molecular formula is C11H15BrN2O3. The van der Waals surface area contributed by atoms with Crippen molar-refractivity contribution in [1.82, 2.24) is 5.32 Å². The molecule has 1 rings (SSSR count). The first-order valence-electron chi connectivity index (χ1n) is 5.29. The molecule has 5 nitrogen and oxygen atoms in total. The molecule has 0 amide bonds. The van der Waals surface area contributed by atoms with Crippen molar-refractivity contribution >= 4 is 21.6 Å². The van der Waals surface area contributed by atoms with E-state index in [2.05, 4.69) is 21.2 Å². The first-order chi connectivity index (χ1) is 8.04. The lowest BCUT2D eigenvalue weighted by Gasteiger charge is -2.09. The molecule has 0 aliphatic rings. The van der Waals surface area contributed by atoms with Crippen LogP contribution in [0.15, 0.2) is 22.7 Å². The molecule has 0 saturated carbocycles. The molecule has 1 aromatic rings. The SMILES string of the molecule is CC(CO)CNCc1ccc(Br)cc1[N+](=O)[O-]. The second kappa shape index (κ2) is 6.68. The molecule has 1 aromatic carbocycles. The Bertz CT molecular complexity index is 398. The summed E-state index contributed by atoms with van der Waals surface area (Å²) >= 11 is 3.21. The topological polar surface area (TPSA) is 75.4 Å². The van der Waals surface area contributed by atoms with E-state index in [1.165, 1.54) is 6.07 Å². The van der Waals surface area contributed by atoms with Gasteiger partial charge in [0.1, 0.15) is 0 Å². The zero-order chi connectivity index (χ0) is 12.8.